The van der Waals surface area contributed by atoms with Crippen molar-refractivity contribution in [1.82, 2.24) is 9.55 Å². The van der Waals surface area contributed by atoms with Gasteiger partial charge in [-0.2, -0.15) is 0 Å². The van der Waals surface area contributed by atoms with Crippen LogP contribution in [0, 0.1) is 0 Å². The van der Waals surface area contributed by atoms with Gasteiger partial charge in [-0.25, -0.2) is 4.98 Å². The van der Waals surface area contributed by atoms with Crippen LogP contribution in [0.25, 0.3) is 11.0 Å². The molecule has 22 heavy (non-hydrogen) atoms. The molecule has 1 N–H and O–H groups in total. The van der Waals surface area contributed by atoms with E-state index >= 15 is 0 Å². The first kappa shape index (κ1) is 16.8. The highest BCUT2D eigenvalue weighted by atomic mass is 35.5. The van der Waals surface area contributed by atoms with Gasteiger partial charge in [0.2, 0.25) is 0 Å². The van der Waals surface area contributed by atoms with E-state index < -0.39 is 5.97 Å². The summed E-state index contributed by atoms with van der Waals surface area (Å²) in [6.07, 6.45) is 3.30. The van der Waals surface area contributed by atoms with Gasteiger partial charge < -0.3 is 14.4 Å². The average Bonchev–Trinajstić information content (AvgIpc) is 2.83. The summed E-state index contributed by atoms with van der Waals surface area (Å²) in [6.45, 7) is 1.48. The number of nitrogens with zero attached hydrogens (tertiary/aromatic N) is 2. The molecule has 120 valence electrons. The van der Waals surface area contributed by atoms with Crippen molar-refractivity contribution in [3.8, 4) is 0 Å². The summed E-state index contributed by atoms with van der Waals surface area (Å²) < 4.78 is 7.25. The minimum atomic E-state index is -0.753. The molecule has 0 spiro atoms. The van der Waals surface area contributed by atoms with Crippen LogP contribution in [0.5, 0.6) is 0 Å². The van der Waals surface area contributed by atoms with Crippen molar-refractivity contribution in [2.75, 3.05) is 13.7 Å². The number of aromatic nitrogens is 2. The number of carbonyl (C=O) groups is 1. The van der Waals surface area contributed by atoms with Crippen molar-refractivity contribution in [1.29, 1.82) is 0 Å². The number of methoxy groups -OCH3 is 1. The topological polar surface area (TPSA) is 64.3 Å². The van der Waals surface area contributed by atoms with Crippen LogP contribution in [0.2, 0.25) is 5.02 Å². The van der Waals surface area contributed by atoms with E-state index in [0.717, 1.165) is 42.7 Å². The number of aryl methyl sites for hydroxylation is 2. The number of carboxylic acids is 1. The van der Waals surface area contributed by atoms with Crippen molar-refractivity contribution in [2.45, 2.75) is 38.6 Å². The van der Waals surface area contributed by atoms with E-state index in [0.29, 0.717) is 18.1 Å². The molecule has 0 aliphatic carbocycles. The number of fused-ring (bicyclic) bond motifs is 1. The lowest BCUT2D eigenvalue weighted by atomic mass is 10.2. The monoisotopic (exact) mass is 324 g/mol. The Bertz CT molecular complexity index is 640. The third-order valence-corrected chi connectivity index (χ3v) is 3.87. The van der Waals surface area contributed by atoms with Crippen LogP contribution < -0.4 is 0 Å². The normalized spacial score (nSPS) is 11.2. The fourth-order valence-corrected chi connectivity index (χ4v) is 2.82. The zero-order valence-corrected chi connectivity index (χ0v) is 13.5. The summed E-state index contributed by atoms with van der Waals surface area (Å²) in [5.41, 5.74) is 1.84. The van der Waals surface area contributed by atoms with Gasteiger partial charge in [0.1, 0.15) is 5.82 Å². The zero-order chi connectivity index (χ0) is 15.9. The van der Waals surface area contributed by atoms with Gasteiger partial charge in [-0.05, 0) is 31.4 Å². The summed E-state index contributed by atoms with van der Waals surface area (Å²) >= 11 is 6.32. The van der Waals surface area contributed by atoms with Crippen LogP contribution >= 0.6 is 11.6 Å². The third-order valence-electron chi connectivity index (χ3n) is 3.57. The van der Waals surface area contributed by atoms with Gasteiger partial charge in [0.05, 0.1) is 16.1 Å². The van der Waals surface area contributed by atoms with Crippen molar-refractivity contribution >= 4 is 28.6 Å². The van der Waals surface area contributed by atoms with Gasteiger partial charge in [-0.15, -0.1) is 0 Å². The number of imidazole rings is 1. The van der Waals surface area contributed by atoms with E-state index in [1.54, 1.807) is 7.11 Å². The van der Waals surface area contributed by atoms with Gasteiger partial charge in [0.15, 0.2) is 0 Å². The molecule has 0 amide bonds. The molecule has 0 saturated carbocycles. The number of hydrogen-bond donors (Lipinski definition) is 1. The first-order valence-corrected chi connectivity index (χ1v) is 7.85. The highest BCUT2D eigenvalue weighted by Crippen LogP contribution is 2.25. The number of hydrogen-bond acceptors (Lipinski definition) is 3. The Kier molecular flexibility index (Phi) is 6.21. The summed E-state index contributed by atoms with van der Waals surface area (Å²) in [7, 11) is 1.69. The molecule has 2 aromatic rings. The molecule has 5 nitrogen and oxygen atoms in total. The summed E-state index contributed by atoms with van der Waals surface area (Å²) in [5.74, 6) is 0.209. The van der Waals surface area contributed by atoms with Crippen molar-refractivity contribution in [3.05, 3.63) is 29.0 Å². The highest BCUT2D eigenvalue weighted by molar-refractivity contribution is 6.35. The quantitative estimate of drug-likeness (QED) is 0.717. The van der Waals surface area contributed by atoms with E-state index in [1.807, 2.05) is 18.2 Å². The number of aliphatic carboxylic acids is 1. The maximum Gasteiger partial charge on any atom is 0.303 e. The van der Waals surface area contributed by atoms with Crippen LogP contribution in [0.15, 0.2) is 18.2 Å². The highest BCUT2D eigenvalue weighted by Gasteiger charge is 2.13. The lowest BCUT2D eigenvalue weighted by Gasteiger charge is -2.09. The summed E-state index contributed by atoms with van der Waals surface area (Å²) in [6, 6.07) is 5.72. The minimum Gasteiger partial charge on any atom is -0.481 e. The smallest absolute Gasteiger partial charge is 0.303 e. The zero-order valence-electron chi connectivity index (χ0n) is 12.7. The minimum absolute atomic E-state index is 0.199. The van der Waals surface area contributed by atoms with Crippen LogP contribution in [-0.2, 0) is 22.5 Å². The standard InChI is InChI=1S/C16H21ClN2O3/c1-22-11-5-10-19-14(8-2-3-9-15(20)21)18-13-7-4-6-12(17)16(13)19/h4,6-7H,2-3,5,8-11H2,1H3,(H,20,21). The molecule has 0 fully saturated rings. The van der Waals surface area contributed by atoms with Crippen molar-refractivity contribution < 1.29 is 14.6 Å². The molecule has 0 aliphatic rings. The maximum absolute atomic E-state index is 10.6. The third kappa shape index (κ3) is 4.21. The molecule has 0 bridgehead atoms. The molecule has 1 aromatic carbocycles. The number of carboxylic acid groups (broad SMARTS) is 1. The fraction of sp³-hybridized carbons (Fsp3) is 0.500. The van der Waals surface area contributed by atoms with Crippen molar-refractivity contribution in [2.24, 2.45) is 0 Å². The number of unbranched alkanes of at least 4 members (excludes halogenated alkanes) is 1. The predicted octanol–water partition coefficient (Wildman–Crippen LogP) is 3.52. The van der Waals surface area contributed by atoms with Gasteiger partial charge in [0, 0.05) is 33.1 Å². The lowest BCUT2D eigenvalue weighted by molar-refractivity contribution is -0.137. The van der Waals surface area contributed by atoms with E-state index in [2.05, 4.69) is 9.55 Å². The molecule has 0 unspecified atom stereocenters. The molecule has 0 atom stereocenters. The molecule has 0 aliphatic heterocycles. The van der Waals surface area contributed by atoms with Crippen LogP contribution in [0.4, 0.5) is 0 Å². The molecule has 0 saturated heterocycles. The Labute approximate surface area is 134 Å². The van der Waals surface area contributed by atoms with Gasteiger partial charge in [0.25, 0.3) is 0 Å². The summed E-state index contributed by atoms with van der Waals surface area (Å²) in [5, 5.41) is 9.40. The number of ether oxygens (including phenoxy) is 1. The number of para-hydroxylation sites is 1. The number of rotatable bonds is 9. The van der Waals surface area contributed by atoms with Gasteiger partial charge in [-0.1, -0.05) is 17.7 Å². The second-order valence-corrected chi connectivity index (χ2v) is 5.64. The second kappa shape index (κ2) is 8.15. The first-order valence-electron chi connectivity index (χ1n) is 7.48. The van der Waals surface area contributed by atoms with Crippen LogP contribution in [0.3, 0.4) is 0 Å². The average molecular weight is 325 g/mol. The lowest BCUT2D eigenvalue weighted by Crippen LogP contribution is -2.07. The molecule has 1 aromatic heterocycles. The molecule has 1 heterocycles. The molecular weight excluding hydrogens is 304 g/mol. The van der Waals surface area contributed by atoms with Crippen LogP contribution in [-0.4, -0.2) is 34.3 Å². The molecule has 2 rings (SSSR count). The Morgan fingerprint density at radius 2 is 2.18 bits per heavy atom. The predicted molar refractivity (Wildman–Crippen MR) is 86.4 cm³/mol. The summed E-state index contributed by atoms with van der Waals surface area (Å²) in [4.78, 5) is 15.2. The Hall–Kier alpha value is -1.59. The van der Waals surface area contributed by atoms with Crippen molar-refractivity contribution in [3.63, 3.8) is 0 Å². The molecular formula is C16H21ClN2O3. The Morgan fingerprint density at radius 1 is 1.36 bits per heavy atom. The van der Waals surface area contributed by atoms with E-state index in [4.69, 9.17) is 21.4 Å². The molecule has 6 heteroatoms. The number of benzene rings is 1. The van der Waals surface area contributed by atoms with Crippen LogP contribution in [0.1, 0.15) is 31.5 Å². The second-order valence-electron chi connectivity index (χ2n) is 5.23. The van der Waals surface area contributed by atoms with Gasteiger partial charge in [-0.3, -0.25) is 4.79 Å². The van der Waals surface area contributed by atoms with Gasteiger partial charge >= 0.3 is 5.97 Å². The fourth-order valence-electron chi connectivity index (χ4n) is 2.55. The Balaban J connectivity index is 2.17. The SMILES string of the molecule is COCCCn1c(CCCCC(=O)O)nc2cccc(Cl)c21. The van der Waals surface area contributed by atoms with E-state index in [-0.39, 0.29) is 6.42 Å². The van der Waals surface area contributed by atoms with E-state index in [1.165, 1.54) is 0 Å². The maximum atomic E-state index is 10.6. The largest absolute Gasteiger partial charge is 0.481 e. The Morgan fingerprint density at radius 3 is 2.91 bits per heavy atom. The number of halogens is 1. The first-order chi connectivity index (χ1) is 10.6. The van der Waals surface area contributed by atoms with E-state index in [9.17, 15) is 4.79 Å². The molecule has 0 radical (unpaired) electrons.